The quantitative estimate of drug-likeness (QED) is 0.873. The lowest BCUT2D eigenvalue weighted by molar-refractivity contribution is 0.491. The maximum absolute atomic E-state index is 13.8. The molecule has 1 nitrogen and oxygen atoms in total. The zero-order chi connectivity index (χ0) is 14.5. The molecule has 0 saturated carbocycles. The van der Waals surface area contributed by atoms with Gasteiger partial charge in [-0.05, 0) is 42.8 Å². The second-order valence-corrected chi connectivity index (χ2v) is 5.16. The SMILES string of the molecule is CNCC(Cc1cccc(F)c1F)c1cccc(Cl)c1. The molecule has 0 heterocycles. The van der Waals surface area contributed by atoms with E-state index >= 15 is 0 Å². The number of hydrogen-bond donors (Lipinski definition) is 1. The second-order valence-electron chi connectivity index (χ2n) is 4.73. The van der Waals surface area contributed by atoms with E-state index in [-0.39, 0.29) is 5.92 Å². The van der Waals surface area contributed by atoms with Crippen molar-refractivity contribution in [3.63, 3.8) is 0 Å². The van der Waals surface area contributed by atoms with Crippen molar-refractivity contribution in [3.05, 3.63) is 70.2 Å². The minimum atomic E-state index is -0.809. The van der Waals surface area contributed by atoms with Crippen LogP contribution in [0.2, 0.25) is 5.02 Å². The average Bonchev–Trinajstić information content (AvgIpc) is 2.43. The van der Waals surface area contributed by atoms with E-state index in [4.69, 9.17) is 11.6 Å². The van der Waals surface area contributed by atoms with Crippen LogP contribution >= 0.6 is 11.6 Å². The second kappa shape index (κ2) is 6.82. The van der Waals surface area contributed by atoms with Crippen LogP contribution in [0.25, 0.3) is 0 Å². The highest BCUT2D eigenvalue weighted by Gasteiger charge is 2.16. The zero-order valence-corrected chi connectivity index (χ0v) is 11.9. The summed E-state index contributed by atoms with van der Waals surface area (Å²) < 4.78 is 27.0. The van der Waals surface area contributed by atoms with Crippen molar-refractivity contribution >= 4 is 11.6 Å². The minimum absolute atomic E-state index is 0.0370. The summed E-state index contributed by atoms with van der Waals surface area (Å²) in [6.45, 7) is 0.663. The van der Waals surface area contributed by atoms with Gasteiger partial charge >= 0.3 is 0 Å². The van der Waals surface area contributed by atoms with Crippen LogP contribution in [0.1, 0.15) is 17.0 Å². The highest BCUT2D eigenvalue weighted by molar-refractivity contribution is 6.30. The van der Waals surface area contributed by atoms with Gasteiger partial charge in [0.25, 0.3) is 0 Å². The smallest absolute Gasteiger partial charge is 0.162 e. The summed E-state index contributed by atoms with van der Waals surface area (Å²) in [7, 11) is 1.83. The van der Waals surface area contributed by atoms with Gasteiger partial charge in [0.1, 0.15) is 0 Å². The highest BCUT2D eigenvalue weighted by atomic mass is 35.5. The molecule has 0 fully saturated rings. The number of likely N-dealkylation sites (N-methyl/N-ethyl adjacent to an activating group) is 1. The monoisotopic (exact) mass is 295 g/mol. The van der Waals surface area contributed by atoms with Gasteiger partial charge in [-0.3, -0.25) is 0 Å². The fraction of sp³-hybridized carbons (Fsp3) is 0.250. The van der Waals surface area contributed by atoms with Crippen molar-refractivity contribution < 1.29 is 8.78 Å². The van der Waals surface area contributed by atoms with E-state index in [0.717, 1.165) is 11.6 Å². The Morgan fingerprint density at radius 3 is 2.60 bits per heavy atom. The van der Waals surface area contributed by atoms with Gasteiger partial charge in [-0.15, -0.1) is 0 Å². The van der Waals surface area contributed by atoms with Gasteiger partial charge < -0.3 is 5.32 Å². The molecule has 0 aliphatic carbocycles. The van der Waals surface area contributed by atoms with Crippen molar-refractivity contribution in [2.24, 2.45) is 0 Å². The average molecular weight is 296 g/mol. The van der Waals surface area contributed by atoms with Gasteiger partial charge in [-0.25, -0.2) is 8.78 Å². The van der Waals surface area contributed by atoms with Crippen LogP contribution in [0.4, 0.5) is 8.78 Å². The maximum Gasteiger partial charge on any atom is 0.162 e. The Kier molecular flexibility index (Phi) is 5.10. The van der Waals surface area contributed by atoms with E-state index in [1.54, 1.807) is 12.1 Å². The normalized spacial score (nSPS) is 12.4. The number of benzene rings is 2. The molecule has 1 atom stereocenters. The lowest BCUT2D eigenvalue weighted by atomic mass is 9.91. The molecule has 106 valence electrons. The number of halogens is 3. The van der Waals surface area contributed by atoms with Gasteiger partial charge in [0.15, 0.2) is 11.6 Å². The first-order valence-corrected chi connectivity index (χ1v) is 6.82. The summed E-state index contributed by atoms with van der Waals surface area (Å²) in [6.07, 6.45) is 0.421. The molecule has 0 aromatic heterocycles. The Hall–Kier alpha value is -1.45. The largest absolute Gasteiger partial charge is 0.319 e. The third-order valence-electron chi connectivity index (χ3n) is 3.27. The van der Waals surface area contributed by atoms with E-state index in [2.05, 4.69) is 5.32 Å². The molecule has 0 aliphatic rings. The molecule has 0 aliphatic heterocycles. The molecule has 0 saturated heterocycles. The van der Waals surface area contributed by atoms with E-state index < -0.39 is 11.6 Å². The first-order chi connectivity index (χ1) is 9.61. The topological polar surface area (TPSA) is 12.0 Å². The number of nitrogens with one attached hydrogen (secondary N) is 1. The van der Waals surface area contributed by atoms with Crippen molar-refractivity contribution in [1.29, 1.82) is 0 Å². The molecule has 20 heavy (non-hydrogen) atoms. The van der Waals surface area contributed by atoms with Crippen LogP contribution in [0.15, 0.2) is 42.5 Å². The number of rotatable bonds is 5. The van der Waals surface area contributed by atoms with Gasteiger partial charge in [0, 0.05) is 17.5 Å². The molecule has 0 radical (unpaired) electrons. The minimum Gasteiger partial charge on any atom is -0.319 e. The zero-order valence-electron chi connectivity index (χ0n) is 11.2. The fourth-order valence-corrected chi connectivity index (χ4v) is 2.49. The Morgan fingerprint density at radius 1 is 1.15 bits per heavy atom. The van der Waals surface area contributed by atoms with Crippen LogP contribution in [0, 0.1) is 11.6 Å². The van der Waals surface area contributed by atoms with Gasteiger partial charge in [-0.1, -0.05) is 35.9 Å². The molecule has 2 rings (SSSR count). The van der Waals surface area contributed by atoms with Crippen molar-refractivity contribution in [1.82, 2.24) is 5.32 Å². The summed E-state index contributed by atoms with van der Waals surface area (Å²) in [5.74, 6) is -1.54. The van der Waals surface area contributed by atoms with Crippen molar-refractivity contribution in [2.45, 2.75) is 12.3 Å². The van der Waals surface area contributed by atoms with E-state index in [1.165, 1.54) is 6.07 Å². The first-order valence-electron chi connectivity index (χ1n) is 6.44. The maximum atomic E-state index is 13.8. The van der Waals surface area contributed by atoms with Gasteiger partial charge in [0.05, 0.1) is 0 Å². The van der Waals surface area contributed by atoms with Gasteiger partial charge in [0.2, 0.25) is 0 Å². The Morgan fingerprint density at radius 2 is 1.90 bits per heavy atom. The van der Waals surface area contributed by atoms with Crippen LogP contribution in [-0.4, -0.2) is 13.6 Å². The van der Waals surface area contributed by atoms with Crippen LogP contribution in [-0.2, 0) is 6.42 Å². The van der Waals surface area contributed by atoms with Gasteiger partial charge in [-0.2, -0.15) is 0 Å². The Labute approximate surface area is 122 Å². The molecule has 0 bridgehead atoms. The lowest BCUT2D eigenvalue weighted by Gasteiger charge is -2.18. The molecule has 1 unspecified atom stereocenters. The standard InChI is InChI=1S/C16H16ClF2N/c1-20-10-13(11-4-2-6-14(17)9-11)8-12-5-3-7-15(18)16(12)19/h2-7,9,13,20H,8,10H2,1H3. The molecular formula is C16H16ClF2N. The Balaban J connectivity index is 2.28. The lowest BCUT2D eigenvalue weighted by Crippen LogP contribution is -2.19. The predicted octanol–water partition coefficient (Wildman–Crippen LogP) is 4.16. The third kappa shape index (κ3) is 3.56. The Bertz CT molecular complexity index is 586. The molecule has 0 spiro atoms. The van der Waals surface area contributed by atoms with Crippen molar-refractivity contribution in [2.75, 3.05) is 13.6 Å². The molecule has 0 amide bonds. The van der Waals surface area contributed by atoms with Crippen LogP contribution < -0.4 is 5.32 Å². The molecule has 2 aromatic rings. The van der Waals surface area contributed by atoms with Crippen LogP contribution in [0.5, 0.6) is 0 Å². The van der Waals surface area contributed by atoms with Crippen LogP contribution in [0.3, 0.4) is 0 Å². The predicted molar refractivity (Wildman–Crippen MR) is 78.2 cm³/mol. The van der Waals surface area contributed by atoms with Crippen molar-refractivity contribution in [3.8, 4) is 0 Å². The summed E-state index contributed by atoms with van der Waals surface area (Å²) in [6, 6.07) is 11.7. The first kappa shape index (κ1) is 14.9. The van der Waals surface area contributed by atoms with E-state index in [9.17, 15) is 8.78 Å². The third-order valence-corrected chi connectivity index (χ3v) is 3.50. The summed E-state index contributed by atoms with van der Waals surface area (Å²) in [5, 5.41) is 3.72. The summed E-state index contributed by atoms with van der Waals surface area (Å²) in [4.78, 5) is 0. The summed E-state index contributed by atoms with van der Waals surface area (Å²) >= 11 is 5.99. The number of hydrogen-bond acceptors (Lipinski definition) is 1. The fourth-order valence-electron chi connectivity index (χ4n) is 2.29. The summed E-state index contributed by atoms with van der Waals surface area (Å²) in [5.41, 5.74) is 1.39. The van der Waals surface area contributed by atoms with E-state index in [0.29, 0.717) is 23.6 Å². The molecular weight excluding hydrogens is 280 g/mol. The molecule has 1 N–H and O–H groups in total. The highest BCUT2D eigenvalue weighted by Crippen LogP contribution is 2.25. The molecule has 4 heteroatoms. The molecule has 2 aromatic carbocycles. The van der Waals surface area contributed by atoms with E-state index in [1.807, 2.05) is 25.2 Å².